The lowest BCUT2D eigenvalue weighted by Gasteiger charge is -2.23. The summed E-state index contributed by atoms with van der Waals surface area (Å²) in [6.45, 7) is 11.1. The molecule has 1 aliphatic rings. The Labute approximate surface area is 180 Å². The second kappa shape index (κ2) is 9.03. The average molecular weight is 408 g/mol. The lowest BCUT2D eigenvalue weighted by atomic mass is 9.82. The van der Waals surface area contributed by atoms with Gasteiger partial charge in [0.15, 0.2) is 0 Å². The van der Waals surface area contributed by atoms with Gasteiger partial charge < -0.3 is 9.64 Å². The van der Waals surface area contributed by atoms with Gasteiger partial charge in [0.1, 0.15) is 5.75 Å². The normalized spacial score (nSPS) is 16.8. The van der Waals surface area contributed by atoms with Gasteiger partial charge in [0.2, 0.25) is 5.91 Å². The summed E-state index contributed by atoms with van der Waals surface area (Å²) >= 11 is 0. The van der Waals surface area contributed by atoms with Gasteiger partial charge >= 0.3 is 5.97 Å². The van der Waals surface area contributed by atoms with Crippen LogP contribution in [-0.2, 0) is 27.8 Å². The molecule has 4 nitrogen and oxygen atoms in total. The third kappa shape index (κ3) is 4.43. The van der Waals surface area contributed by atoms with Crippen molar-refractivity contribution >= 4 is 17.6 Å². The van der Waals surface area contributed by atoms with Crippen molar-refractivity contribution in [1.82, 2.24) is 0 Å². The number of hydrogen-bond acceptors (Lipinski definition) is 3. The van der Waals surface area contributed by atoms with Gasteiger partial charge in [0.05, 0.1) is 5.92 Å². The Balaban J connectivity index is 1.73. The van der Waals surface area contributed by atoms with Crippen LogP contribution in [0.1, 0.15) is 64.2 Å². The summed E-state index contributed by atoms with van der Waals surface area (Å²) in [5.74, 6) is -0.253. The standard InChI is InChI=1S/C26H33NO3/c1-6-18-10-9-11-19(7-2)24(18)27-17-20(16-23(27)28)25(29)30-22-14-12-21(13-15-22)26(4,5)8-3/h9-15,20H,6-8,16-17H2,1-5H3/t20-/m1/s1. The molecule has 30 heavy (non-hydrogen) atoms. The molecule has 0 bridgehead atoms. The van der Waals surface area contributed by atoms with Crippen molar-refractivity contribution in [3.8, 4) is 5.75 Å². The molecular formula is C26H33NO3. The van der Waals surface area contributed by atoms with Crippen LogP contribution < -0.4 is 9.64 Å². The highest BCUT2D eigenvalue weighted by Gasteiger charge is 2.37. The molecule has 2 aromatic rings. The predicted octanol–water partition coefficient (Wildman–Crippen LogP) is 5.46. The zero-order valence-corrected chi connectivity index (χ0v) is 18.8. The number of hydrogen-bond donors (Lipinski definition) is 0. The van der Waals surface area contributed by atoms with Crippen LogP contribution in [-0.4, -0.2) is 18.4 Å². The second-order valence-electron chi connectivity index (χ2n) is 8.72. The van der Waals surface area contributed by atoms with E-state index >= 15 is 0 Å². The number of ether oxygens (including phenoxy) is 1. The quantitative estimate of drug-likeness (QED) is 0.452. The van der Waals surface area contributed by atoms with E-state index in [0.29, 0.717) is 12.3 Å². The molecule has 0 spiro atoms. The van der Waals surface area contributed by atoms with E-state index in [1.807, 2.05) is 30.3 Å². The highest BCUT2D eigenvalue weighted by molar-refractivity contribution is 6.00. The summed E-state index contributed by atoms with van der Waals surface area (Å²) in [6, 6.07) is 13.9. The van der Waals surface area contributed by atoms with Gasteiger partial charge in [-0.05, 0) is 53.5 Å². The summed E-state index contributed by atoms with van der Waals surface area (Å²) in [5, 5.41) is 0. The van der Waals surface area contributed by atoms with Crippen molar-refractivity contribution < 1.29 is 14.3 Å². The minimum atomic E-state index is -0.445. The molecular weight excluding hydrogens is 374 g/mol. The third-order valence-electron chi connectivity index (χ3n) is 6.43. The monoisotopic (exact) mass is 407 g/mol. The summed E-state index contributed by atoms with van der Waals surface area (Å²) in [4.78, 5) is 27.4. The number of rotatable bonds is 7. The van der Waals surface area contributed by atoms with Crippen LogP contribution >= 0.6 is 0 Å². The first-order chi connectivity index (χ1) is 14.3. The highest BCUT2D eigenvalue weighted by Crippen LogP contribution is 2.33. The van der Waals surface area contributed by atoms with Gasteiger partial charge in [-0.15, -0.1) is 0 Å². The Morgan fingerprint density at radius 3 is 2.17 bits per heavy atom. The lowest BCUT2D eigenvalue weighted by molar-refractivity contribution is -0.139. The SMILES string of the molecule is CCc1cccc(CC)c1N1C[C@H](C(=O)Oc2ccc(C(C)(C)CC)cc2)CC1=O. The van der Waals surface area contributed by atoms with Gasteiger partial charge in [-0.1, -0.05) is 65.0 Å². The zero-order chi connectivity index (χ0) is 21.9. The number of amides is 1. The molecule has 0 saturated carbocycles. The molecule has 1 heterocycles. The van der Waals surface area contributed by atoms with Crippen LogP contribution in [0.4, 0.5) is 5.69 Å². The van der Waals surface area contributed by atoms with Crippen molar-refractivity contribution in [1.29, 1.82) is 0 Å². The first kappa shape index (κ1) is 22.1. The second-order valence-corrected chi connectivity index (χ2v) is 8.72. The van der Waals surface area contributed by atoms with Gasteiger partial charge in [0, 0.05) is 18.7 Å². The Hall–Kier alpha value is -2.62. The van der Waals surface area contributed by atoms with Crippen LogP contribution in [0.5, 0.6) is 5.75 Å². The first-order valence-electron chi connectivity index (χ1n) is 11.0. The Bertz CT molecular complexity index is 892. The molecule has 1 fully saturated rings. The molecule has 0 unspecified atom stereocenters. The minimum Gasteiger partial charge on any atom is -0.426 e. The topological polar surface area (TPSA) is 46.6 Å². The molecule has 0 radical (unpaired) electrons. The molecule has 2 aromatic carbocycles. The summed E-state index contributed by atoms with van der Waals surface area (Å²) in [7, 11) is 0. The van der Waals surface area contributed by atoms with Crippen molar-refractivity contribution in [2.45, 2.75) is 65.7 Å². The molecule has 1 aliphatic heterocycles. The molecule has 0 aromatic heterocycles. The maximum absolute atomic E-state index is 12.8. The third-order valence-corrected chi connectivity index (χ3v) is 6.43. The zero-order valence-electron chi connectivity index (χ0n) is 18.8. The van der Waals surface area contributed by atoms with E-state index in [0.717, 1.165) is 36.1 Å². The van der Waals surface area contributed by atoms with Crippen LogP contribution in [0.15, 0.2) is 42.5 Å². The van der Waals surface area contributed by atoms with Crippen LogP contribution in [0.3, 0.4) is 0 Å². The van der Waals surface area contributed by atoms with Crippen molar-refractivity contribution in [2.24, 2.45) is 5.92 Å². The number of carbonyl (C=O) groups excluding carboxylic acids is 2. The number of nitrogens with zero attached hydrogens (tertiary/aromatic N) is 1. The van der Waals surface area contributed by atoms with Crippen molar-refractivity contribution in [3.63, 3.8) is 0 Å². The van der Waals surface area contributed by atoms with Gasteiger partial charge in [-0.25, -0.2) is 0 Å². The van der Waals surface area contributed by atoms with Crippen LogP contribution in [0.25, 0.3) is 0 Å². The van der Waals surface area contributed by atoms with Crippen LogP contribution in [0, 0.1) is 5.92 Å². The van der Waals surface area contributed by atoms with Crippen molar-refractivity contribution in [3.05, 3.63) is 59.2 Å². The highest BCUT2D eigenvalue weighted by atomic mass is 16.5. The fourth-order valence-electron chi connectivity index (χ4n) is 4.02. The minimum absolute atomic E-state index is 0.00686. The molecule has 1 amide bonds. The average Bonchev–Trinajstić information content (AvgIpc) is 3.14. The van der Waals surface area contributed by atoms with Crippen LogP contribution in [0.2, 0.25) is 0 Å². The number of anilines is 1. The lowest BCUT2D eigenvalue weighted by Crippen LogP contribution is -2.29. The number of carbonyl (C=O) groups is 2. The summed E-state index contributed by atoms with van der Waals surface area (Å²) in [5.41, 5.74) is 4.57. The van der Waals surface area contributed by atoms with E-state index in [-0.39, 0.29) is 23.7 Å². The van der Waals surface area contributed by atoms with E-state index in [2.05, 4.69) is 46.8 Å². The Kier molecular flexibility index (Phi) is 6.64. The van der Waals surface area contributed by atoms with Gasteiger partial charge in [-0.3, -0.25) is 9.59 Å². The maximum atomic E-state index is 12.8. The number of benzene rings is 2. The summed E-state index contributed by atoms with van der Waals surface area (Å²) < 4.78 is 5.63. The molecule has 4 heteroatoms. The molecule has 1 saturated heterocycles. The molecule has 3 rings (SSSR count). The van der Waals surface area contributed by atoms with E-state index in [1.165, 1.54) is 5.56 Å². The molecule has 0 aliphatic carbocycles. The molecule has 0 N–H and O–H groups in total. The first-order valence-corrected chi connectivity index (χ1v) is 11.0. The summed E-state index contributed by atoms with van der Waals surface area (Å²) in [6.07, 6.45) is 2.93. The number of esters is 1. The van der Waals surface area contributed by atoms with Gasteiger partial charge in [-0.2, -0.15) is 0 Å². The number of aryl methyl sites for hydroxylation is 2. The fourth-order valence-corrected chi connectivity index (χ4v) is 4.02. The largest absolute Gasteiger partial charge is 0.426 e. The number of para-hydroxylation sites is 1. The molecule has 160 valence electrons. The fraction of sp³-hybridized carbons (Fsp3) is 0.462. The predicted molar refractivity (Wildman–Crippen MR) is 121 cm³/mol. The smallest absolute Gasteiger partial charge is 0.316 e. The molecule has 1 atom stereocenters. The maximum Gasteiger partial charge on any atom is 0.316 e. The van der Waals surface area contributed by atoms with E-state index in [1.54, 1.807) is 4.90 Å². The van der Waals surface area contributed by atoms with Gasteiger partial charge in [0.25, 0.3) is 0 Å². The Morgan fingerprint density at radius 1 is 1.03 bits per heavy atom. The van der Waals surface area contributed by atoms with Crippen molar-refractivity contribution in [2.75, 3.05) is 11.4 Å². The van der Waals surface area contributed by atoms with E-state index in [9.17, 15) is 9.59 Å². The Morgan fingerprint density at radius 2 is 1.63 bits per heavy atom. The van der Waals surface area contributed by atoms with E-state index < -0.39 is 5.92 Å². The van der Waals surface area contributed by atoms with E-state index in [4.69, 9.17) is 4.74 Å².